The molecule has 3 atom stereocenters. The standard InChI is InChI=1S/C13H25NO2/c1-4-6-10(2)9-13(15)14-11(3)12-7-5-8-16-12/h10-12H,4-9H2,1-3H3,(H,14,15). The second-order valence-electron chi connectivity index (χ2n) is 5.01. The van der Waals surface area contributed by atoms with Crippen molar-refractivity contribution >= 4 is 5.91 Å². The van der Waals surface area contributed by atoms with Crippen molar-refractivity contribution in [2.45, 2.75) is 65.0 Å². The Balaban J connectivity index is 2.22. The molecule has 0 spiro atoms. The van der Waals surface area contributed by atoms with Crippen LogP contribution in [0.3, 0.4) is 0 Å². The minimum atomic E-state index is 0.156. The summed E-state index contributed by atoms with van der Waals surface area (Å²) in [6, 6.07) is 0.156. The summed E-state index contributed by atoms with van der Waals surface area (Å²) < 4.78 is 5.55. The Morgan fingerprint density at radius 2 is 2.25 bits per heavy atom. The highest BCUT2D eigenvalue weighted by Crippen LogP contribution is 2.16. The number of carbonyl (C=O) groups is 1. The van der Waals surface area contributed by atoms with E-state index in [-0.39, 0.29) is 18.1 Å². The molecule has 1 saturated heterocycles. The topological polar surface area (TPSA) is 38.3 Å². The Morgan fingerprint density at radius 3 is 2.81 bits per heavy atom. The molecule has 0 aliphatic carbocycles. The fourth-order valence-corrected chi connectivity index (χ4v) is 2.31. The molecule has 1 fully saturated rings. The Labute approximate surface area is 98.9 Å². The van der Waals surface area contributed by atoms with Crippen LogP contribution in [0.2, 0.25) is 0 Å². The van der Waals surface area contributed by atoms with Crippen LogP contribution in [0.1, 0.15) is 52.9 Å². The molecule has 16 heavy (non-hydrogen) atoms. The van der Waals surface area contributed by atoms with Gasteiger partial charge in [-0.3, -0.25) is 4.79 Å². The zero-order valence-corrected chi connectivity index (χ0v) is 10.8. The van der Waals surface area contributed by atoms with Gasteiger partial charge in [0.05, 0.1) is 12.1 Å². The van der Waals surface area contributed by atoms with Crippen LogP contribution in [-0.2, 0) is 9.53 Å². The summed E-state index contributed by atoms with van der Waals surface area (Å²) in [5, 5.41) is 3.05. The van der Waals surface area contributed by atoms with Gasteiger partial charge in [0.25, 0.3) is 0 Å². The zero-order valence-electron chi connectivity index (χ0n) is 10.8. The maximum absolute atomic E-state index is 11.7. The van der Waals surface area contributed by atoms with Crippen molar-refractivity contribution in [2.75, 3.05) is 6.61 Å². The number of carbonyl (C=O) groups excluding carboxylic acids is 1. The number of amides is 1. The van der Waals surface area contributed by atoms with Gasteiger partial charge in [0.15, 0.2) is 0 Å². The molecule has 1 N–H and O–H groups in total. The Hall–Kier alpha value is -0.570. The highest BCUT2D eigenvalue weighted by atomic mass is 16.5. The van der Waals surface area contributed by atoms with Crippen LogP contribution in [0.4, 0.5) is 0 Å². The van der Waals surface area contributed by atoms with Crippen molar-refractivity contribution < 1.29 is 9.53 Å². The van der Waals surface area contributed by atoms with Gasteiger partial charge in [0.1, 0.15) is 0 Å². The molecule has 1 aliphatic rings. The van der Waals surface area contributed by atoms with E-state index in [4.69, 9.17) is 4.74 Å². The van der Waals surface area contributed by atoms with E-state index in [9.17, 15) is 4.79 Å². The fourth-order valence-electron chi connectivity index (χ4n) is 2.31. The molecule has 94 valence electrons. The quantitative estimate of drug-likeness (QED) is 0.757. The van der Waals surface area contributed by atoms with E-state index in [1.807, 2.05) is 6.92 Å². The molecule has 3 heteroatoms. The van der Waals surface area contributed by atoms with Gasteiger partial charge in [-0.15, -0.1) is 0 Å². The first-order chi connectivity index (χ1) is 7.63. The van der Waals surface area contributed by atoms with Gasteiger partial charge < -0.3 is 10.1 Å². The molecule has 0 aromatic carbocycles. The third kappa shape index (κ3) is 4.52. The average molecular weight is 227 g/mol. The number of rotatable bonds is 6. The van der Waals surface area contributed by atoms with Crippen LogP contribution in [0.5, 0.6) is 0 Å². The van der Waals surface area contributed by atoms with Crippen LogP contribution >= 0.6 is 0 Å². The lowest BCUT2D eigenvalue weighted by atomic mass is 10.0. The first-order valence-electron chi connectivity index (χ1n) is 6.54. The maximum Gasteiger partial charge on any atom is 0.220 e. The summed E-state index contributed by atoms with van der Waals surface area (Å²) in [4.78, 5) is 11.7. The van der Waals surface area contributed by atoms with Crippen LogP contribution in [0, 0.1) is 5.92 Å². The van der Waals surface area contributed by atoms with Crippen molar-refractivity contribution in [3.63, 3.8) is 0 Å². The van der Waals surface area contributed by atoms with Gasteiger partial charge in [-0.2, -0.15) is 0 Å². The van der Waals surface area contributed by atoms with E-state index in [1.54, 1.807) is 0 Å². The lowest BCUT2D eigenvalue weighted by molar-refractivity contribution is -0.123. The predicted octanol–water partition coefficient (Wildman–Crippen LogP) is 2.50. The van der Waals surface area contributed by atoms with E-state index in [1.165, 1.54) is 0 Å². The van der Waals surface area contributed by atoms with Gasteiger partial charge in [-0.1, -0.05) is 26.7 Å². The Bertz CT molecular complexity index is 212. The maximum atomic E-state index is 11.7. The average Bonchev–Trinajstić information content (AvgIpc) is 2.69. The lowest BCUT2D eigenvalue weighted by Crippen LogP contribution is -2.41. The second-order valence-corrected chi connectivity index (χ2v) is 5.01. The molecule has 3 unspecified atom stereocenters. The minimum absolute atomic E-state index is 0.156. The van der Waals surface area contributed by atoms with Gasteiger partial charge in [0, 0.05) is 13.0 Å². The second kappa shape index (κ2) is 6.89. The van der Waals surface area contributed by atoms with Crippen LogP contribution in [-0.4, -0.2) is 24.7 Å². The minimum Gasteiger partial charge on any atom is -0.376 e. The van der Waals surface area contributed by atoms with Crippen molar-refractivity contribution in [3.05, 3.63) is 0 Å². The number of nitrogens with one attached hydrogen (secondary N) is 1. The summed E-state index contributed by atoms with van der Waals surface area (Å²) in [5.74, 6) is 0.658. The third-order valence-corrected chi connectivity index (χ3v) is 3.23. The van der Waals surface area contributed by atoms with Gasteiger partial charge >= 0.3 is 0 Å². The smallest absolute Gasteiger partial charge is 0.220 e. The first kappa shape index (κ1) is 13.5. The van der Waals surface area contributed by atoms with Crippen molar-refractivity contribution in [1.29, 1.82) is 0 Å². The van der Waals surface area contributed by atoms with E-state index in [0.29, 0.717) is 12.3 Å². The third-order valence-electron chi connectivity index (χ3n) is 3.23. The molecule has 1 heterocycles. The zero-order chi connectivity index (χ0) is 12.0. The molecule has 0 aromatic heterocycles. The number of ether oxygens (including phenoxy) is 1. The highest BCUT2D eigenvalue weighted by Gasteiger charge is 2.23. The summed E-state index contributed by atoms with van der Waals surface area (Å²) in [5.41, 5.74) is 0. The summed E-state index contributed by atoms with van der Waals surface area (Å²) in [7, 11) is 0. The van der Waals surface area contributed by atoms with Crippen LogP contribution in [0.15, 0.2) is 0 Å². The van der Waals surface area contributed by atoms with E-state index < -0.39 is 0 Å². The van der Waals surface area contributed by atoms with Crippen LogP contribution in [0.25, 0.3) is 0 Å². The molecule has 0 bridgehead atoms. The van der Waals surface area contributed by atoms with Crippen molar-refractivity contribution in [2.24, 2.45) is 5.92 Å². The molecular formula is C13H25NO2. The number of hydrogen-bond donors (Lipinski definition) is 1. The molecular weight excluding hydrogens is 202 g/mol. The molecule has 0 saturated carbocycles. The molecule has 1 amide bonds. The van der Waals surface area contributed by atoms with E-state index in [0.717, 1.165) is 32.3 Å². The van der Waals surface area contributed by atoms with Crippen molar-refractivity contribution in [1.82, 2.24) is 5.32 Å². The number of hydrogen-bond acceptors (Lipinski definition) is 2. The van der Waals surface area contributed by atoms with E-state index >= 15 is 0 Å². The lowest BCUT2D eigenvalue weighted by Gasteiger charge is -2.21. The van der Waals surface area contributed by atoms with E-state index in [2.05, 4.69) is 19.2 Å². The largest absolute Gasteiger partial charge is 0.376 e. The Morgan fingerprint density at radius 1 is 1.50 bits per heavy atom. The van der Waals surface area contributed by atoms with Gasteiger partial charge in [0.2, 0.25) is 5.91 Å². The first-order valence-corrected chi connectivity index (χ1v) is 6.54. The molecule has 0 radical (unpaired) electrons. The summed E-state index contributed by atoms with van der Waals surface area (Å²) >= 11 is 0. The monoisotopic (exact) mass is 227 g/mol. The molecule has 1 rings (SSSR count). The fraction of sp³-hybridized carbons (Fsp3) is 0.923. The molecule has 3 nitrogen and oxygen atoms in total. The van der Waals surface area contributed by atoms with Crippen molar-refractivity contribution in [3.8, 4) is 0 Å². The summed E-state index contributed by atoms with van der Waals surface area (Å²) in [6.45, 7) is 7.18. The highest BCUT2D eigenvalue weighted by molar-refractivity contribution is 5.76. The molecule has 0 aromatic rings. The molecule has 1 aliphatic heterocycles. The Kier molecular flexibility index (Phi) is 5.81. The van der Waals surface area contributed by atoms with Crippen LogP contribution < -0.4 is 5.32 Å². The predicted molar refractivity (Wildman–Crippen MR) is 65.3 cm³/mol. The van der Waals surface area contributed by atoms with Gasteiger partial charge in [-0.25, -0.2) is 0 Å². The SMILES string of the molecule is CCCC(C)CC(=O)NC(C)C1CCCO1. The van der Waals surface area contributed by atoms with Gasteiger partial charge in [-0.05, 0) is 25.7 Å². The normalized spacial score (nSPS) is 24.1. The summed E-state index contributed by atoms with van der Waals surface area (Å²) in [6.07, 6.45) is 5.34.